The first-order valence-corrected chi connectivity index (χ1v) is 5.08. The van der Waals surface area contributed by atoms with Gasteiger partial charge in [0.25, 0.3) is 0 Å². The highest BCUT2D eigenvalue weighted by molar-refractivity contribution is 5.96. The Morgan fingerprint density at radius 1 is 1.31 bits per heavy atom. The molecule has 0 saturated heterocycles. The minimum absolute atomic E-state index is 0.149. The van der Waals surface area contributed by atoms with E-state index in [-0.39, 0.29) is 24.7 Å². The standard InChI is InChI=1S/C12H15NO3/c1-9(15)7-12(16)13-11(8-14)10-5-3-2-4-6-10/h2-6,11,14H,7-8H2,1H3,(H,13,16)/t11-/m1/s1. The molecule has 0 aromatic heterocycles. The number of aliphatic hydroxyl groups excluding tert-OH is 1. The molecule has 4 heteroatoms. The van der Waals surface area contributed by atoms with Crippen molar-refractivity contribution in [3.63, 3.8) is 0 Å². The molecule has 1 aromatic rings. The van der Waals surface area contributed by atoms with Crippen LogP contribution < -0.4 is 5.32 Å². The fourth-order valence-electron chi connectivity index (χ4n) is 1.39. The van der Waals surface area contributed by atoms with Gasteiger partial charge in [-0.3, -0.25) is 9.59 Å². The van der Waals surface area contributed by atoms with Crippen LogP contribution in [0.2, 0.25) is 0 Å². The minimum atomic E-state index is -0.451. The molecule has 1 atom stereocenters. The smallest absolute Gasteiger partial charge is 0.227 e. The number of Topliss-reactive ketones (excluding diaryl/α,β-unsaturated/α-hetero) is 1. The summed E-state index contributed by atoms with van der Waals surface area (Å²) < 4.78 is 0. The highest BCUT2D eigenvalue weighted by Gasteiger charge is 2.13. The van der Waals surface area contributed by atoms with Crippen molar-refractivity contribution in [3.8, 4) is 0 Å². The summed E-state index contributed by atoms with van der Waals surface area (Å²) in [6.07, 6.45) is -0.149. The van der Waals surface area contributed by atoms with Crippen LogP contribution in [-0.4, -0.2) is 23.4 Å². The van der Waals surface area contributed by atoms with E-state index in [9.17, 15) is 9.59 Å². The average Bonchev–Trinajstić information content (AvgIpc) is 2.26. The Morgan fingerprint density at radius 2 is 1.94 bits per heavy atom. The minimum Gasteiger partial charge on any atom is -0.394 e. The molecule has 86 valence electrons. The first kappa shape index (κ1) is 12.4. The molecule has 0 spiro atoms. The number of rotatable bonds is 5. The number of carbonyl (C=O) groups excluding carboxylic acids is 2. The summed E-state index contributed by atoms with van der Waals surface area (Å²) >= 11 is 0. The SMILES string of the molecule is CC(=O)CC(=O)N[C@H](CO)c1ccccc1. The number of hydrogen-bond donors (Lipinski definition) is 2. The predicted octanol–water partition coefficient (Wildman–Crippen LogP) is 0.815. The maximum absolute atomic E-state index is 11.4. The van der Waals surface area contributed by atoms with Crippen molar-refractivity contribution in [2.75, 3.05) is 6.61 Å². The molecule has 0 heterocycles. The molecular weight excluding hydrogens is 206 g/mol. The molecular formula is C12H15NO3. The second kappa shape index (κ2) is 6.02. The fraction of sp³-hybridized carbons (Fsp3) is 0.333. The summed E-state index contributed by atoms with van der Waals surface area (Å²) in [5.74, 6) is -0.558. The predicted molar refractivity (Wildman–Crippen MR) is 59.7 cm³/mol. The van der Waals surface area contributed by atoms with Crippen LogP contribution in [0.4, 0.5) is 0 Å². The van der Waals surface area contributed by atoms with Crippen LogP contribution in [-0.2, 0) is 9.59 Å². The Labute approximate surface area is 94.3 Å². The van der Waals surface area contributed by atoms with Crippen molar-refractivity contribution in [3.05, 3.63) is 35.9 Å². The first-order chi connectivity index (χ1) is 7.63. The molecule has 1 rings (SSSR count). The summed E-state index contributed by atoms with van der Waals surface area (Å²) in [5, 5.41) is 11.8. The first-order valence-electron chi connectivity index (χ1n) is 5.08. The number of amides is 1. The van der Waals surface area contributed by atoms with Crippen LogP contribution in [0.25, 0.3) is 0 Å². The Morgan fingerprint density at radius 3 is 2.44 bits per heavy atom. The fourth-order valence-corrected chi connectivity index (χ4v) is 1.39. The van der Waals surface area contributed by atoms with Gasteiger partial charge in [-0.25, -0.2) is 0 Å². The van der Waals surface area contributed by atoms with Gasteiger partial charge in [-0.15, -0.1) is 0 Å². The van der Waals surface area contributed by atoms with Crippen molar-refractivity contribution in [2.24, 2.45) is 0 Å². The molecule has 0 radical (unpaired) electrons. The monoisotopic (exact) mass is 221 g/mol. The van der Waals surface area contributed by atoms with E-state index in [0.29, 0.717) is 0 Å². The average molecular weight is 221 g/mol. The van der Waals surface area contributed by atoms with Crippen LogP contribution >= 0.6 is 0 Å². The summed E-state index contributed by atoms with van der Waals surface area (Å²) in [4.78, 5) is 22.1. The van der Waals surface area contributed by atoms with E-state index < -0.39 is 6.04 Å². The lowest BCUT2D eigenvalue weighted by atomic mass is 10.1. The Balaban J connectivity index is 2.63. The van der Waals surface area contributed by atoms with Gasteiger partial charge in [0.15, 0.2) is 0 Å². The Bertz CT molecular complexity index is 362. The lowest BCUT2D eigenvalue weighted by molar-refractivity contribution is -0.127. The van der Waals surface area contributed by atoms with Crippen molar-refractivity contribution in [1.82, 2.24) is 5.32 Å². The van der Waals surface area contributed by atoms with Gasteiger partial charge in [-0.05, 0) is 12.5 Å². The van der Waals surface area contributed by atoms with Crippen LogP contribution in [0.1, 0.15) is 24.9 Å². The lowest BCUT2D eigenvalue weighted by Gasteiger charge is -2.16. The van der Waals surface area contributed by atoms with Gasteiger partial charge in [-0.2, -0.15) is 0 Å². The number of benzene rings is 1. The highest BCUT2D eigenvalue weighted by Crippen LogP contribution is 2.11. The second-order valence-corrected chi connectivity index (χ2v) is 3.59. The Hall–Kier alpha value is -1.68. The molecule has 0 bridgehead atoms. The quantitative estimate of drug-likeness (QED) is 0.723. The maximum Gasteiger partial charge on any atom is 0.227 e. The third-order valence-corrected chi connectivity index (χ3v) is 2.13. The topological polar surface area (TPSA) is 66.4 Å². The summed E-state index contributed by atoms with van der Waals surface area (Å²) in [5.41, 5.74) is 0.821. The summed E-state index contributed by atoms with van der Waals surface area (Å²) in [6, 6.07) is 8.69. The van der Waals surface area contributed by atoms with E-state index in [1.54, 1.807) is 0 Å². The largest absolute Gasteiger partial charge is 0.394 e. The van der Waals surface area contributed by atoms with E-state index in [2.05, 4.69) is 5.32 Å². The van der Waals surface area contributed by atoms with Gasteiger partial charge in [-0.1, -0.05) is 30.3 Å². The van der Waals surface area contributed by atoms with Crippen LogP contribution in [0.15, 0.2) is 30.3 Å². The molecule has 16 heavy (non-hydrogen) atoms. The summed E-state index contributed by atoms with van der Waals surface area (Å²) in [6.45, 7) is 1.17. The molecule has 1 aromatic carbocycles. The third-order valence-electron chi connectivity index (χ3n) is 2.13. The second-order valence-electron chi connectivity index (χ2n) is 3.59. The molecule has 0 aliphatic carbocycles. The van der Waals surface area contributed by atoms with Crippen LogP contribution in [0.5, 0.6) is 0 Å². The number of nitrogens with one attached hydrogen (secondary N) is 1. The molecule has 0 aliphatic heterocycles. The maximum atomic E-state index is 11.4. The number of carbonyl (C=O) groups is 2. The number of hydrogen-bond acceptors (Lipinski definition) is 3. The zero-order valence-electron chi connectivity index (χ0n) is 9.14. The van der Waals surface area contributed by atoms with E-state index in [0.717, 1.165) is 5.56 Å². The molecule has 0 fully saturated rings. The van der Waals surface area contributed by atoms with Crippen molar-refractivity contribution >= 4 is 11.7 Å². The van der Waals surface area contributed by atoms with Gasteiger partial charge in [0, 0.05) is 0 Å². The zero-order chi connectivity index (χ0) is 12.0. The van der Waals surface area contributed by atoms with Gasteiger partial charge in [0.2, 0.25) is 5.91 Å². The number of ketones is 1. The van der Waals surface area contributed by atoms with Crippen LogP contribution in [0.3, 0.4) is 0 Å². The van der Waals surface area contributed by atoms with Crippen LogP contribution in [0, 0.1) is 0 Å². The van der Waals surface area contributed by atoms with E-state index in [1.807, 2.05) is 30.3 Å². The molecule has 4 nitrogen and oxygen atoms in total. The van der Waals surface area contributed by atoms with Gasteiger partial charge >= 0.3 is 0 Å². The van der Waals surface area contributed by atoms with Gasteiger partial charge in [0.05, 0.1) is 19.1 Å². The molecule has 1 amide bonds. The molecule has 0 unspecified atom stereocenters. The van der Waals surface area contributed by atoms with Gasteiger partial charge in [0.1, 0.15) is 5.78 Å². The zero-order valence-corrected chi connectivity index (χ0v) is 9.14. The molecule has 0 saturated carbocycles. The van der Waals surface area contributed by atoms with E-state index in [4.69, 9.17) is 5.11 Å². The highest BCUT2D eigenvalue weighted by atomic mass is 16.3. The molecule has 0 aliphatic rings. The number of aliphatic hydroxyl groups is 1. The molecule has 2 N–H and O–H groups in total. The Kier molecular flexibility index (Phi) is 4.66. The van der Waals surface area contributed by atoms with Crippen molar-refractivity contribution in [2.45, 2.75) is 19.4 Å². The summed E-state index contributed by atoms with van der Waals surface area (Å²) in [7, 11) is 0. The van der Waals surface area contributed by atoms with E-state index >= 15 is 0 Å². The van der Waals surface area contributed by atoms with E-state index in [1.165, 1.54) is 6.92 Å². The van der Waals surface area contributed by atoms with Crippen molar-refractivity contribution < 1.29 is 14.7 Å². The normalized spacial score (nSPS) is 11.9. The third kappa shape index (κ3) is 3.82. The van der Waals surface area contributed by atoms with Crippen molar-refractivity contribution in [1.29, 1.82) is 0 Å². The lowest BCUT2D eigenvalue weighted by Crippen LogP contribution is -2.31. The van der Waals surface area contributed by atoms with Gasteiger partial charge < -0.3 is 10.4 Å².